The standard InChI is InChI=1S/C17H23NO2S/c1-3-14(18)11-13-6-7-15(19-2)12-17(13)20-9-8-16-5-4-10-21-16/h4-7,10,12,14H,3,8-9,11,18H2,1-2H3. The van der Waals surface area contributed by atoms with Gasteiger partial charge in [-0.3, -0.25) is 0 Å². The van der Waals surface area contributed by atoms with E-state index in [0.29, 0.717) is 6.61 Å². The molecule has 0 saturated heterocycles. The third-order valence-electron chi connectivity index (χ3n) is 3.47. The predicted octanol–water partition coefficient (Wildman–Crippen LogP) is 3.66. The molecule has 2 aromatic rings. The SMILES string of the molecule is CCC(N)Cc1ccc(OC)cc1OCCc1cccs1. The second-order valence-electron chi connectivity index (χ2n) is 5.02. The molecule has 2 N–H and O–H groups in total. The lowest BCUT2D eigenvalue weighted by Crippen LogP contribution is -2.21. The van der Waals surface area contributed by atoms with Crippen LogP contribution >= 0.6 is 11.3 Å². The molecule has 0 spiro atoms. The van der Waals surface area contributed by atoms with Crippen molar-refractivity contribution in [1.82, 2.24) is 0 Å². The fourth-order valence-corrected chi connectivity index (χ4v) is 2.80. The van der Waals surface area contributed by atoms with Gasteiger partial charge in [0.15, 0.2) is 0 Å². The second-order valence-corrected chi connectivity index (χ2v) is 6.06. The molecule has 1 heterocycles. The van der Waals surface area contributed by atoms with Crippen molar-refractivity contribution in [2.75, 3.05) is 13.7 Å². The highest BCUT2D eigenvalue weighted by Crippen LogP contribution is 2.26. The summed E-state index contributed by atoms with van der Waals surface area (Å²) in [5.74, 6) is 1.70. The zero-order valence-corrected chi connectivity index (χ0v) is 13.5. The molecule has 0 radical (unpaired) electrons. The van der Waals surface area contributed by atoms with Gasteiger partial charge in [-0.1, -0.05) is 19.1 Å². The molecule has 0 bridgehead atoms. The summed E-state index contributed by atoms with van der Waals surface area (Å²) in [7, 11) is 1.67. The third-order valence-corrected chi connectivity index (χ3v) is 4.40. The summed E-state index contributed by atoms with van der Waals surface area (Å²) in [4.78, 5) is 1.34. The van der Waals surface area contributed by atoms with Crippen molar-refractivity contribution in [2.45, 2.75) is 32.2 Å². The summed E-state index contributed by atoms with van der Waals surface area (Å²) in [6, 6.07) is 10.3. The minimum atomic E-state index is 0.165. The van der Waals surface area contributed by atoms with E-state index in [2.05, 4.69) is 30.5 Å². The predicted molar refractivity (Wildman–Crippen MR) is 88.5 cm³/mol. The van der Waals surface area contributed by atoms with Crippen LogP contribution in [0.25, 0.3) is 0 Å². The Balaban J connectivity index is 2.03. The van der Waals surface area contributed by atoms with Crippen LogP contribution in [0.4, 0.5) is 0 Å². The van der Waals surface area contributed by atoms with E-state index in [9.17, 15) is 0 Å². The van der Waals surface area contributed by atoms with E-state index in [1.807, 2.05) is 12.1 Å². The summed E-state index contributed by atoms with van der Waals surface area (Å²) in [6.07, 6.45) is 2.71. The van der Waals surface area contributed by atoms with E-state index in [0.717, 1.165) is 36.3 Å². The summed E-state index contributed by atoms with van der Waals surface area (Å²) in [6.45, 7) is 2.77. The zero-order chi connectivity index (χ0) is 15.1. The van der Waals surface area contributed by atoms with Crippen molar-refractivity contribution in [1.29, 1.82) is 0 Å². The fourth-order valence-electron chi connectivity index (χ4n) is 2.11. The Kier molecular flexibility index (Phi) is 6.08. The van der Waals surface area contributed by atoms with Crippen molar-refractivity contribution in [3.05, 3.63) is 46.2 Å². The number of rotatable bonds is 8. The van der Waals surface area contributed by atoms with Gasteiger partial charge in [0.05, 0.1) is 13.7 Å². The van der Waals surface area contributed by atoms with Gasteiger partial charge >= 0.3 is 0 Å². The molecular weight excluding hydrogens is 282 g/mol. The van der Waals surface area contributed by atoms with Crippen LogP contribution in [0.2, 0.25) is 0 Å². The van der Waals surface area contributed by atoms with Crippen molar-refractivity contribution in [3.8, 4) is 11.5 Å². The Morgan fingerprint density at radius 3 is 2.81 bits per heavy atom. The normalized spacial score (nSPS) is 12.1. The first-order valence-electron chi connectivity index (χ1n) is 7.30. The van der Waals surface area contributed by atoms with Crippen molar-refractivity contribution >= 4 is 11.3 Å². The van der Waals surface area contributed by atoms with Crippen LogP contribution in [0.3, 0.4) is 0 Å². The molecule has 114 valence electrons. The Hall–Kier alpha value is -1.52. The molecule has 4 heteroatoms. The van der Waals surface area contributed by atoms with Crippen molar-refractivity contribution in [2.24, 2.45) is 5.73 Å². The molecular formula is C17H23NO2S. The first-order chi connectivity index (χ1) is 10.2. The van der Waals surface area contributed by atoms with Gasteiger partial charge < -0.3 is 15.2 Å². The number of nitrogens with two attached hydrogens (primary N) is 1. The molecule has 0 saturated carbocycles. The lowest BCUT2D eigenvalue weighted by molar-refractivity contribution is 0.315. The fraction of sp³-hybridized carbons (Fsp3) is 0.412. The average molecular weight is 305 g/mol. The molecule has 2 rings (SSSR count). The molecule has 21 heavy (non-hydrogen) atoms. The number of ether oxygens (including phenoxy) is 2. The molecule has 0 fully saturated rings. The van der Waals surface area contributed by atoms with Crippen molar-refractivity contribution in [3.63, 3.8) is 0 Å². The number of hydrogen-bond acceptors (Lipinski definition) is 4. The highest BCUT2D eigenvalue weighted by molar-refractivity contribution is 7.09. The van der Waals surface area contributed by atoms with Gasteiger partial charge in [-0.2, -0.15) is 0 Å². The van der Waals surface area contributed by atoms with Gasteiger partial charge in [-0.15, -0.1) is 11.3 Å². The van der Waals surface area contributed by atoms with Gasteiger partial charge in [0.2, 0.25) is 0 Å². The van der Waals surface area contributed by atoms with Crippen LogP contribution < -0.4 is 15.2 Å². The van der Waals surface area contributed by atoms with E-state index in [-0.39, 0.29) is 6.04 Å². The van der Waals surface area contributed by atoms with Gasteiger partial charge in [-0.05, 0) is 35.9 Å². The summed E-state index contributed by atoms with van der Waals surface area (Å²) in [5.41, 5.74) is 7.21. The first-order valence-corrected chi connectivity index (χ1v) is 8.18. The molecule has 1 aromatic heterocycles. The highest BCUT2D eigenvalue weighted by Gasteiger charge is 2.10. The highest BCUT2D eigenvalue weighted by atomic mass is 32.1. The molecule has 0 amide bonds. The lowest BCUT2D eigenvalue weighted by atomic mass is 10.0. The van der Waals surface area contributed by atoms with Gasteiger partial charge in [0, 0.05) is 23.4 Å². The number of hydrogen-bond donors (Lipinski definition) is 1. The minimum Gasteiger partial charge on any atom is -0.497 e. The summed E-state index contributed by atoms with van der Waals surface area (Å²) < 4.78 is 11.3. The van der Waals surface area contributed by atoms with Crippen LogP contribution in [0.5, 0.6) is 11.5 Å². The zero-order valence-electron chi connectivity index (χ0n) is 12.7. The smallest absolute Gasteiger partial charge is 0.126 e. The van der Waals surface area contributed by atoms with Gasteiger partial charge in [0.25, 0.3) is 0 Å². The number of methoxy groups -OCH3 is 1. The summed E-state index contributed by atoms with van der Waals surface area (Å²) >= 11 is 1.76. The summed E-state index contributed by atoms with van der Waals surface area (Å²) in [5, 5.41) is 2.09. The maximum atomic E-state index is 6.07. The van der Waals surface area contributed by atoms with E-state index >= 15 is 0 Å². The average Bonchev–Trinajstić information content (AvgIpc) is 3.02. The third kappa shape index (κ3) is 4.76. The van der Waals surface area contributed by atoms with Crippen molar-refractivity contribution < 1.29 is 9.47 Å². The quantitative estimate of drug-likeness (QED) is 0.809. The number of benzene rings is 1. The van der Waals surface area contributed by atoms with Crippen LogP contribution in [-0.2, 0) is 12.8 Å². The minimum absolute atomic E-state index is 0.165. The Bertz CT molecular complexity index is 540. The molecule has 0 aliphatic heterocycles. The molecule has 1 atom stereocenters. The second kappa shape index (κ2) is 8.05. The topological polar surface area (TPSA) is 44.5 Å². The molecule has 1 unspecified atom stereocenters. The lowest BCUT2D eigenvalue weighted by Gasteiger charge is -2.15. The monoisotopic (exact) mass is 305 g/mol. The number of thiophene rings is 1. The van der Waals surface area contributed by atoms with Gasteiger partial charge in [-0.25, -0.2) is 0 Å². The molecule has 0 aliphatic rings. The maximum Gasteiger partial charge on any atom is 0.126 e. The molecule has 1 aromatic carbocycles. The maximum absolute atomic E-state index is 6.07. The molecule has 3 nitrogen and oxygen atoms in total. The Morgan fingerprint density at radius 1 is 1.29 bits per heavy atom. The van der Waals surface area contributed by atoms with Crippen LogP contribution in [0.1, 0.15) is 23.8 Å². The first kappa shape index (κ1) is 15.9. The largest absolute Gasteiger partial charge is 0.497 e. The van der Waals surface area contributed by atoms with E-state index in [1.54, 1.807) is 18.4 Å². The van der Waals surface area contributed by atoms with Crippen LogP contribution in [-0.4, -0.2) is 19.8 Å². The van der Waals surface area contributed by atoms with Crippen LogP contribution in [0.15, 0.2) is 35.7 Å². The molecule has 0 aliphatic carbocycles. The van der Waals surface area contributed by atoms with E-state index in [4.69, 9.17) is 15.2 Å². The van der Waals surface area contributed by atoms with Crippen LogP contribution in [0, 0.1) is 0 Å². The van der Waals surface area contributed by atoms with E-state index < -0.39 is 0 Å². The Morgan fingerprint density at radius 2 is 2.14 bits per heavy atom. The Labute approximate surface area is 130 Å². The van der Waals surface area contributed by atoms with E-state index in [1.165, 1.54) is 4.88 Å². The van der Waals surface area contributed by atoms with Gasteiger partial charge in [0.1, 0.15) is 11.5 Å².